The van der Waals surface area contributed by atoms with E-state index in [-0.39, 0.29) is 18.9 Å². The zero-order valence-corrected chi connectivity index (χ0v) is 13.0. The van der Waals surface area contributed by atoms with Gasteiger partial charge in [0.05, 0.1) is 4.90 Å². The molecule has 2 rings (SSSR count). The molecule has 2 aromatic carbocycles. The zero-order valence-electron chi connectivity index (χ0n) is 12.2. The molecule has 0 aliphatic carbocycles. The van der Waals surface area contributed by atoms with Crippen molar-refractivity contribution >= 4 is 10.0 Å². The minimum absolute atomic E-state index is 0.00454. The third kappa shape index (κ3) is 4.23. The quantitative estimate of drug-likeness (QED) is 0.809. The molecule has 0 bridgehead atoms. The number of hydrogen-bond donors (Lipinski definition) is 0. The van der Waals surface area contributed by atoms with Crippen LogP contribution in [0.5, 0.6) is 5.75 Å². The van der Waals surface area contributed by atoms with E-state index in [0.717, 1.165) is 16.4 Å². The highest BCUT2D eigenvalue weighted by molar-refractivity contribution is 7.89. The van der Waals surface area contributed by atoms with Gasteiger partial charge in [0.2, 0.25) is 10.0 Å². The average Bonchev–Trinajstić information content (AvgIpc) is 2.48. The van der Waals surface area contributed by atoms with Crippen molar-refractivity contribution in [3.05, 3.63) is 59.9 Å². The highest BCUT2D eigenvalue weighted by atomic mass is 32.2. The molecule has 0 aliphatic heterocycles. The van der Waals surface area contributed by atoms with Gasteiger partial charge in [-0.3, -0.25) is 0 Å². The van der Waals surface area contributed by atoms with Gasteiger partial charge in [0, 0.05) is 19.7 Å². The van der Waals surface area contributed by atoms with Crippen LogP contribution in [0.2, 0.25) is 0 Å². The molecule has 0 aromatic heterocycles. The molecule has 2 aromatic rings. The Balaban J connectivity index is 2.04. The van der Waals surface area contributed by atoms with Crippen LogP contribution in [0.25, 0.3) is 0 Å². The Labute approximate surface area is 132 Å². The second-order valence-electron chi connectivity index (χ2n) is 4.71. The van der Waals surface area contributed by atoms with Gasteiger partial charge in [-0.05, 0) is 24.3 Å². The Morgan fingerprint density at radius 1 is 1.04 bits per heavy atom. The van der Waals surface area contributed by atoms with Crippen molar-refractivity contribution in [3.63, 3.8) is 0 Å². The fourth-order valence-electron chi connectivity index (χ4n) is 1.82. The second-order valence-corrected chi connectivity index (χ2v) is 6.76. The Morgan fingerprint density at radius 3 is 2.26 bits per heavy atom. The third-order valence-electron chi connectivity index (χ3n) is 3.04. The first-order valence-corrected chi connectivity index (χ1v) is 8.04. The van der Waals surface area contributed by atoms with Crippen molar-refractivity contribution < 1.29 is 26.3 Å². The monoisotopic (exact) mass is 345 g/mol. The summed E-state index contributed by atoms with van der Waals surface area (Å²) in [5.41, 5.74) is 0. The molecule has 0 atom stereocenters. The van der Waals surface area contributed by atoms with Gasteiger partial charge in [0.15, 0.2) is 11.6 Å². The number of nitrogens with zero attached hydrogens (tertiary/aromatic N) is 1. The van der Waals surface area contributed by atoms with E-state index in [1.165, 1.54) is 25.2 Å². The lowest BCUT2D eigenvalue weighted by Gasteiger charge is -2.17. The van der Waals surface area contributed by atoms with Crippen LogP contribution < -0.4 is 4.74 Å². The largest absolute Gasteiger partial charge is 0.489 e. The van der Waals surface area contributed by atoms with E-state index in [9.17, 15) is 21.6 Å². The fourth-order valence-corrected chi connectivity index (χ4v) is 3.02. The lowest BCUT2D eigenvalue weighted by molar-refractivity contribution is 0.275. The Morgan fingerprint density at radius 2 is 1.65 bits per heavy atom. The molecular weight excluding hydrogens is 331 g/mol. The van der Waals surface area contributed by atoms with E-state index in [1.54, 1.807) is 6.07 Å². The highest BCUT2D eigenvalue weighted by Crippen LogP contribution is 2.18. The molecule has 0 amide bonds. The summed E-state index contributed by atoms with van der Waals surface area (Å²) in [6.45, 7) is -0.233. The van der Waals surface area contributed by atoms with Crippen LogP contribution in [0.3, 0.4) is 0 Å². The molecule has 0 fully saturated rings. The maximum Gasteiger partial charge on any atom is 0.243 e. The standard InChI is InChI=1S/C15H14F3NO3S/c1-19(6-7-22-15-5-3-2-4-14(15)18)23(20,21)13-9-11(16)8-12(17)10-13/h2-5,8-10H,6-7H2,1H3. The summed E-state index contributed by atoms with van der Waals surface area (Å²) in [7, 11) is -2.83. The molecule has 0 N–H and O–H groups in total. The summed E-state index contributed by atoms with van der Waals surface area (Å²) in [6.07, 6.45) is 0. The van der Waals surface area contributed by atoms with Crippen LogP contribution in [-0.4, -0.2) is 32.9 Å². The van der Waals surface area contributed by atoms with Gasteiger partial charge in [-0.15, -0.1) is 0 Å². The molecular formula is C15H14F3NO3S. The number of halogens is 3. The molecule has 0 heterocycles. The van der Waals surface area contributed by atoms with E-state index in [2.05, 4.69) is 0 Å². The molecule has 8 heteroatoms. The summed E-state index contributed by atoms with van der Waals surface area (Å²) < 4.78 is 70.1. The van der Waals surface area contributed by atoms with E-state index in [0.29, 0.717) is 6.07 Å². The van der Waals surface area contributed by atoms with E-state index in [4.69, 9.17) is 4.74 Å². The van der Waals surface area contributed by atoms with Gasteiger partial charge in [-0.2, -0.15) is 4.31 Å². The Bertz CT molecular complexity index is 776. The SMILES string of the molecule is CN(CCOc1ccccc1F)S(=O)(=O)c1cc(F)cc(F)c1. The van der Waals surface area contributed by atoms with E-state index >= 15 is 0 Å². The molecule has 0 saturated carbocycles. The Kier molecular flexibility index (Phi) is 5.27. The van der Waals surface area contributed by atoms with Crippen molar-refractivity contribution in [1.82, 2.24) is 4.31 Å². The molecule has 0 radical (unpaired) electrons. The second kappa shape index (κ2) is 7.01. The minimum atomic E-state index is -4.07. The number of hydrogen-bond acceptors (Lipinski definition) is 3. The number of para-hydroxylation sites is 1. The van der Waals surface area contributed by atoms with Crippen molar-refractivity contribution in [3.8, 4) is 5.75 Å². The number of ether oxygens (including phenoxy) is 1. The maximum atomic E-state index is 13.4. The lowest BCUT2D eigenvalue weighted by Crippen LogP contribution is -2.31. The first-order chi connectivity index (χ1) is 10.8. The summed E-state index contributed by atoms with van der Waals surface area (Å²) in [5.74, 6) is -2.54. The van der Waals surface area contributed by atoms with Crippen LogP contribution in [-0.2, 0) is 10.0 Å². The van der Waals surface area contributed by atoms with Crippen molar-refractivity contribution in [2.45, 2.75) is 4.90 Å². The van der Waals surface area contributed by atoms with Crippen molar-refractivity contribution in [2.75, 3.05) is 20.2 Å². The number of benzene rings is 2. The normalized spacial score (nSPS) is 11.7. The predicted octanol–water partition coefficient (Wildman–Crippen LogP) is 2.80. The summed E-state index contributed by atoms with van der Waals surface area (Å²) in [5, 5.41) is 0. The van der Waals surface area contributed by atoms with Crippen LogP contribution in [0.1, 0.15) is 0 Å². The molecule has 0 saturated heterocycles. The average molecular weight is 345 g/mol. The van der Waals surface area contributed by atoms with Crippen molar-refractivity contribution in [1.29, 1.82) is 0 Å². The lowest BCUT2D eigenvalue weighted by atomic mass is 10.3. The molecule has 0 aliphatic rings. The number of rotatable bonds is 6. The topological polar surface area (TPSA) is 46.6 Å². The smallest absolute Gasteiger partial charge is 0.243 e. The van der Waals surface area contributed by atoms with Gasteiger partial charge in [0.25, 0.3) is 0 Å². The van der Waals surface area contributed by atoms with Crippen LogP contribution in [0, 0.1) is 17.5 Å². The summed E-state index contributed by atoms with van der Waals surface area (Å²) in [4.78, 5) is -0.497. The summed E-state index contributed by atoms with van der Waals surface area (Å²) >= 11 is 0. The van der Waals surface area contributed by atoms with Gasteiger partial charge < -0.3 is 4.74 Å². The molecule has 0 unspecified atom stereocenters. The minimum Gasteiger partial charge on any atom is -0.489 e. The molecule has 4 nitrogen and oxygen atoms in total. The van der Waals surface area contributed by atoms with Crippen LogP contribution in [0.4, 0.5) is 13.2 Å². The zero-order chi connectivity index (χ0) is 17.0. The van der Waals surface area contributed by atoms with Gasteiger partial charge in [-0.25, -0.2) is 21.6 Å². The maximum absolute atomic E-state index is 13.4. The van der Waals surface area contributed by atoms with E-state index in [1.807, 2.05) is 0 Å². The van der Waals surface area contributed by atoms with Gasteiger partial charge >= 0.3 is 0 Å². The van der Waals surface area contributed by atoms with Gasteiger partial charge in [-0.1, -0.05) is 12.1 Å². The first kappa shape index (κ1) is 17.3. The van der Waals surface area contributed by atoms with E-state index < -0.39 is 32.4 Å². The molecule has 124 valence electrons. The van der Waals surface area contributed by atoms with Gasteiger partial charge in [0.1, 0.15) is 18.2 Å². The number of likely N-dealkylation sites (N-methyl/N-ethyl adjacent to an activating group) is 1. The predicted molar refractivity (Wildman–Crippen MR) is 78.1 cm³/mol. The van der Waals surface area contributed by atoms with Crippen LogP contribution >= 0.6 is 0 Å². The molecule has 0 spiro atoms. The number of sulfonamides is 1. The first-order valence-electron chi connectivity index (χ1n) is 6.60. The highest BCUT2D eigenvalue weighted by Gasteiger charge is 2.22. The van der Waals surface area contributed by atoms with Crippen molar-refractivity contribution in [2.24, 2.45) is 0 Å². The third-order valence-corrected chi connectivity index (χ3v) is 4.88. The molecule has 23 heavy (non-hydrogen) atoms. The fraction of sp³-hybridized carbons (Fsp3) is 0.200. The summed E-state index contributed by atoms with van der Waals surface area (Å²) in [6, 6.07) is 7.74. The van der Waals surface area contributed by atoms with Crippen LogP contribution in [0.15, 0.2) is 47.4 Å². The Hall–Kier alpha value is -2.06.